The van der Waals surface area contributed by atoms with Crippen LogP contribution in [0.15, 0.2) is 40.8 Å². The van der Waals surface area contributed by atoms with Crippen molar-refractivity contribution in [1.82, 2.24) is 9.55 Å². The summed E-state index contributed by atoms with van der Waals surface area (Å²) < 4.78 is 1.60. The first-order valence-corrected chi connectivity index (χ1v) is 12.5. The Labute approximate surface area is 198 Å². The highest BCUT2D eigenvalue weighted by Gasteiger charge is 2.24. The third kappa shape index (κ3) is 4.55. The number of rotatable bonds is 6. The average molecular weight is 494 g/mol. The number of amides is 1. The van der Waals surface area contributed by atoms with Crippen LogP contribution < -0.4 is 10.9 Å². The number of benzene rings is 1. The van der Waals surface area contributed by atoms with Crippen molar-refractivity contribution in [3.8, 4) is 0 Å². The maximum atomic E-state index is 13.3. The van der Waals surface area contributed by atoms with Crippen LogP contribution in [0.2, 0.25) is 10.0 Å². The van der Waals surface area contributed by atoms with Gasteiger partial charge < -0.3 is 5.32 Å². The molecule has 0 radical (unpaired) electrons. The maximum Gasteiger partial charge on any atom is 0.263 e. The molecule has 1 aliphatic rings. The molecule has 1 atom stereocenters. The minimum atomic E-state index is -0.279. The average Bonchev–Trinajstić information content (AvgIpc) is 3.09. The number of fused-ring (bicyclic) bond motifs is 3. The second-order valence-electron chi connectivity index (χ2n) is 7.56. The third-order valence-corrected chi connectivity index (χ3v) is 8.01. The van der Waals surface area contributed by atoms with Gasteiger partial charge >= 0.3 is 0 Å². The van der Waals surface area contributed by atoms with Crippen molar-refractivity contribution in [2.45, 2.75) is 37.9 Å². The van der Waals surface area contributed by atoms with Crippen molar-refractivity contribution in [2.24, 2.45) is 5.92 Å². The van der Waals surface area contributed by atoms with E-state index in [2.05, 4.69) is 18.8 Å². The van der Waals surface area contributed by atoms with Crippen molar-refractivity contribution in [1.29, 1.82) is 0 Å². The number of aryl methyl sites for hydroxylation is 1. The summed E-state index contributed by atoms with van der Waals surface area (Å²) in [6, 6.07) is 5.03. The normalized spacial score (nSPS) is 15.6. The topological polar surface area (TPSA) is 64.0 Å². The highest BCUT2D eigenvalue weighted by molar-refractivity contribution is 7.99. The monoisotopic (exact) mass is 493 g/mol. The van der Waals surface area contributed by atoms with Gasteiger partial charge in [0.1, 0.15) is 4.83 Å². The van der Waals surface area contributed by atoms with Crippen LogP contribution in [0, 0.1) is 5.92 Å². The van der Waals surface area contributed by atoms with E-state index in [1.807, 2.05) is 0 Å². The zero-order valence-electron chi connectivity index (χ0n) is 16.9. The number of nitrogens with zero attached hydrogens (tertiary/aromatic N) is 2. The van der Waals surface area contributed by atoms with Gasteiger partial charge in [0.25, 0.3) is 5.56 Å². The fourth-order valence-corrected chi connectivity index (χ4v) is 6.45. The lowest BCUT2D eigenvalue weighted by atomic mass is 9.89. The lowest BCUT2D eigenvalue weighted by molar-refractivity contribution is -0.113. The molecule has 0 spiro atoms. The van der Waals surface area contributed by atoms with E-state index in [0.717, 1.165) is 35.0 Å². The third-order valence-electron chi connectivity index (χ3n) is 5.25. The SMILES string of the molecule is C=CCn1c(SCC(=O)Nc2c(Cl)cccc2Cl)nc2sc3c(c2c1=O)CCC(C)C3. The van der Waals surface area contributed by atoms with E-state index in [4.69, 9.17) is 28.2 Å². The summed E-state index contributed by atoms with van der Waals surface area (Å²) in [5.41, 5.74) is 1.47. The first kappa shape index (κ1) is 22.4. The molecular formula is C22H21Cl2N3O2S2. The summed E-state index contributed by atoms with van der Waals surface area (Å²) in [5.74, 6) is 0.405. The molecule has 0 fully saturated rings. The molecule has 5 nitrogen and oxygen atoms in total. The van der Waals surface area contributed by atoms with E-state index in [0.29, 0.717) is 33.4 Å². The Hall–Kier alpha value is -1.80. The number of thioether (sulfide) groups is 1. The maximum absolute atomic E-state index is 13.3. The number of anilines is 1. The molecule has 3 aromatic rings. The summed E-state index contributed by atoms with van der Waals surface area (Å²) in [6.45, 7) is 6.35. The van der Waals surface area contributed by atoms with E-state index < -0.39 is 0 Å². The first-order valence-electron chi connectivity index (χ1n) is 9.91. The molecule has 1 unspecified atom stereocenters. The number of nitrogens with one attached hydrogen (secondary N) is 1. The Kier molecular flexibility index (Phi) is 6.77. The molecular weight excluding hydrogens is 473 g/mol. The largest absolute Gasteiger partial charge is 0.323 e. The Morgan fingerprint density at radius 2 is 2.16 bits per heavy atom. The minimum absolute atomic E-state index is 0.0611. The van der Waals surface area contributed by atoms with Crippen LogP contribution in [-0.4, -0.2) is 21.2 Å². The number of hydrogen-bond donors (Lipinski definition) is 1. The molecule has 0 bridgehead atoms. The number of carbonyl (C=O) groups excluding carboxylic acids is 1. The van der Waals surface area contributed by atoms with Crippen LogP contribution in [0.4, 0.5) is 5.69 Å². The van der Waals surface area contributed by atoms with Gasteiger partial charge in [-0.3, -0.25) is 14.2 Å². The second kappa shape index (κ2) is 9.36. The summed E-state index contributed by atoms with van der Waals surface area (Å²) in [7, 11) is 0. The zero-order chi connectivity index (χ0) is 22.1. The van der Waals surface area contributed by atoms with Crippen LogP contribution in [0.3, 0.4) is 0 Å². The Bertz CT molecular complexity index is 1220. The van der Waals surface area contributed by atoms with Crippen molar-refractivity contribution in [3.05, 3.63) is 61.7 Å². The molecule has 9 heteroatoms. The fraction of sp³-hybridized carbons (Fsp3) is 0.318. The molecule has 2 aromatic heterocycles. The number of allylic oxidation sites excluding steroid dienone is 1. The molecule has 0 aliphatic heterocycles. The van der Waals surface area contributed by atoms with Crippen molar-refractivity contribution < 1.29 is 4.79 Å². The van der Waals surface area contributed by atoms with E-state index >= 15 is 0 Å². The van der Waals surface area contributed by atoms with Gasteiger partial charge in [-0.05, 0) is 42.9 Å². The molecule has 31 heavy (non-hydrogen) atoms. The summed E-state index contributed by atoms with van der Waals surface area (Å²) in [5, 5.41) is 4.71. The summed E-state index contributed by atoms with van der Waals surface area (Å²) >= 11 is 15.1. The Morgan fingerprint density at radius 1 is 1.42 bits per heavy atom. The summed E-state index contributed by atoms with van der Waals surface area (Å²) in [6.07, 6.45) is 4.65. The first-order chi connectivity index (χ1) is 14.9. The molecule has 1 amide bonds. The lowest BCUT2D eigenvalue weighted by Gasteiger charge is -2.17. The van der Waals surface area contributed by atoms with Gasteiger partial charge in [0.15, 0.2) is 5.16 Å². The van der Waals surface area contributed by atoms with Crippen molar-refractivity contribution >= 4 is 68.1 Å². The van der Waals surface area contributed by atoms with Gasteiger partial charge in [0.05, 0.1) is 26.9 Å². The van der Waals surface area contributed by atoms with Gasteiger partial charge in [-0.15, -0.1) is 17.9 Å². The predicted molar refractivity (Wildman–Crippen MR) is 131 cm³/mol. The van der Waals surface area contributed by atoms with Crippen LogP contribution in [-0.2, 0) is 24.2 Å². The van der Waals surface area contributed by atoms with E-state index in [1.165, 1.54) is 16.6 Å². The van der Waals surface area contributed by atoms with Gasteiger partial charge in [-0.2, -0.15) is 0 Å². The molecule has 0 saturated carbocycles. The van der Waals surface area contributed by atoms with Crippen LogP contribution in [0.1, 0.15) is 23.8 Å². The van der Waals surface area contributed by atoms with Gasteiger partial charge in [0.2, 0.25) is 5.91 Å². The number of para-hydroxylation sites is 1. The Morgan fingerprint density at radius 3 is 2.87 bits per heavy atom. The van der Waals surface area contributed by atoms with Gasteiger partial charge in [-0.25, -0.2) is 4.98 Å². The van der Waals surface area contributed by atoms with E-state index in [9.17, 15) is 9.59 Å². The number of thiophene rings is 1. The smallest absolute Gasteiger partial charge is 0.263 e. The number of aromatic nitrogens is 2. The molecule has 1 aliphatic carbocycles. The zero-order valence-corrected chi connectivity index (χ0v) is 20.1. The van der Waals surface area contributed by atoms with Crippen molar-refractivity contribution in [2.75, 3.05) is 11.1 Å². The predicted octanol–water partition coefficient (Wildman–Crippen LogP) is 5.81. The highest BCUT2D eigenvalue weighted by atomic mass is 35.5. The van der Waals surface area contributed by atoms with Crippen molar-refractivity contribution in [3.63, 3.8) is 0 Å². The van der Waals surface area contributed by atoms with Crippen LogP contribution in [0.25, 0.3) is 10.2 Å². The number of hydrogen-bond acceptors (Lipinski definition) is 5. The number of carbonyl (C=O) groups is 1. The van der Waals surface area contributed by atoms with Crippen LogP contribution >= 0.6 is 46.3 Å². The summed E-state index contributed by atoms with van der Waals surface area (Å²) in [4.78, 5) is 32.6. The Balaban J connectivity index is 1.62. The second-order valence-corrected chi connectivity index (χ2v) is 10.4. The molecule has 1 aromatic carbocycles. The van der Waals surface area contributed by atoms with E-state index in [1.54, 1.807) is 40.2 Å². The fourth-order valence-electron chi connectivity index (χ4n) is 3.73. The standard InChI is InChI=1S/C22H21Cl2N3O2S2/c1-3-9-27-21(29)18-13-8-7-12(2)10-16(13)31-20(18)26-22(27)30-11-17(28)25-19-14(23)5-4-6-15(19)24/h3-6,12H,1,7-11H2,2H3,(H,25,28). The minimum Gasteiger partial charge on any atom is -0.323 e. The molecule has 1 N–H and O–H groups in total. The van der Waals surface area contributed by atoms with Gasteiger partial charge in [0, 0.05) is 11.4 Å². The molecule has 162 valence electrons. The molecule has 4 rings (SSSR count). The van der Waals surface area contributed by atoms with Crippen LogP contribution in [0.5, 0.6) is 0 Å². The van der Waals surface area contributed by atoms with E-state index in [-0.39, 0.29) is 17.2 Å². The quantitative estimate of drug-likeness (QED) is 0.267. The lowest BCUT2D eigenvalue weighted by Crippen LogP contribution is -2.24. The number of halogens is 2. The molecule has 0 saturated heterocycles. The highest BCUT2D eigenvalue weighted by Crippen LogP contribution is 2.36. The molecule has 2 heterocycles. The van der Waals surface area contributed by atoms with Gasteiger partial charge in [-0.1, -0.05) is 54.0 Å².